The predicted octanol–water partition coefficient (Wildman–Crippen LogP) is 3.48. The Bertz CT molecular complexity index is 1180. The van der Waals surface area contributed by atoms with Crippen LogP contribution < -0.4 is 5.32 Å². The maximum Gasteiger partial charge on any atom is 0.408 e. The molecule has 1 aliphatic rings. The highest BCUT2D eigenvalue weighted by molar-refractivity contribution is 5.99. The van der Waals surface area contributed by atoms with E-state index >= 15 is 0 Å². The molecule has 0 saturated heterocycles. The van der Waals surface area contributed by atoms with E-state index in [4.69, 9.17) is 4.52 Å². The van der Waals surface area contributed by atoms with Gasteiger partial charge in [-0.3, -0.25) is 9.59 Å². The first-order chi connectivity index (χ1) is 14.6. The number of amides is 2. The molecule has 1 aliphatic heterocycles. The fourth-order valence-corrected chi connectivity index (χ4v) is 3.52. The molecule has 2 amide bonds. The first-order valence-electron chi connectivity index (χ1n) is 9.48. The summed E-state index contributed by atoms with van der Waals surface area (Å²) < 4.78 is 57.1. The van der Waals surface area contributed by atoms with Crippen LogP contribution >= 0.6 is 0 Å². The molecular weight excluding hydrogens is 420 g/mol. The molecule has 1 atom stereocenters. The van der Waals surface area contributed by atoms with Crippen molar-refractivity contribution in [3.63, 3.8) is 0 Å². The summed E-state index contributed by atoms with van der Waals surface area (Å²) in [5, 5.41) is 6.04. The van der Waals surface area contributed by atoms with Crippen molar-refractivity contribution in [1.82, 2.24) is 20.4 Å². The molecule has 3 heterocycles. The van der Waals surface area contributed by atoms with Crippen LogP contribution in [-0.2, 0) is 13.0 Å². The minimum absolute atomic E-state index is 0.0521. The van der Waals surface area contributed by atoms with Crippen molar-refractivity contribution in [3.05, 3.63) is 52.3 Å². The highest BCUT2D eigenvalue weighted by Gasteiger charge is 2.38. The molecule has 0 radical (unpaired) electrons. The molecular formula is C20H18F4N4O3. The van der Waals surface area contributed by atoms with Crippen molar-refractivity contribution in [2.45, 2.75) is 39.0 Å². The molecule has 1 unspecified atom stereocenters. The van der Waals surface area contributed by atoms with Gasteiger partial charge in [-0.15, -0.1) is 0 Å². The Morgan fingerprint density at radius 1 is 1.32 bits per heavy atom. The van der Waals surface area contributed by atoms with Gasteiger partial charge in [0.2, 0.25) is 0 Å². The second kappa shape index (κ2) is 7.40. The summed E-state index contributed by atoms with van der Waals surface area (Å²) in [6, 6.07) is 2.33. The lowest BCUT2D eigenvalue weighted by atomic mass is 10.0. The number of rotatable bonds is 3. The normalized spacial score (nSPS) is 15.1. The van der Waals surface area contributed by atoms with Gasteiger partial charge < -0.3 is 19.7 Å². The fraction of sp³-hybridized carbons (Fsp3) is 0.350. The average Bonchev–Trinajstić information content (AvgIpc) is 3.33. The van der Waals surface area contributed by atoms with Crippen molar-refractivity contribution >= 4 is 22.7 Å². The molecule has 3 aromatic rings. The molecule has 2 aromatic heterocycles. The van der Waals surface area contributed by atoms with E-state index in [1.165, 1.54) is 17.0 Å². The zero-order valence-corrected chi connectivity index (χ0v) is 16.6. The van der Waals surface area contributed by atoms with Gasteiger partial charge in [0.25, 0.3) is 11.8 Å². The van der Waals surface area contributed by atoms with Gasteiger partial charge >= 0.3 is 6.18 Å². The molecule has 164 valence electrons. The van der Waals surface area contributed by atoms with Crippen LogP contribution in [0.4, 0.5) is 17.6 Å². The molecule has 31 heavy (non-hydrogen) atoms. The first kappa shape index (κ1) is 20.9. The number of H-pyrrole nitrogens is 1. The molecule has 0 bridgehead atoms. The summed E-state index contributed by atoms with van der Waals surface area (Å²) >= 11 is 0. The monoisotopic (exact) mass is 438 g/mol. The molecule has 7 nitrogen and oxygen atoms in total. The third-order valence-corrected chi connectivity index (χ3v) is 5.41. The zero-order chi connectivity index (χ0) is 22.5. The summed E-state index contributed by atoms with van der Waals surface area (Å²) in [7, 11) is 0. The van der Waals surface area contributed by atoms with Gasteiger partial charge in [0.1, 0.15) is 23.3 Å². The molecule has 0 aliphatic carbocycles. The summed E-state index contributed by atoms with van der Waals surface area (Å²) in [5.74, 6) is -1.46. The van der Waals surface area contributed by atoms with Crippen molar-refractivity contribution in [2.24, 2.45) is 0 Å². The number of carbonyl (C=O) groups excluding carboxylic acids is 2. The summed E-state index contributed by atoms with van der Waals surface area (Å²) in [6.07, 6.45) is -4.35. The highest BCUT2D eigenvalue weighted by atomic mass is 19.4. The lowest BCUT2D eigenvalue weighted by Gasteiger charge is -2.26. The van der Waals surface area contributed by atoms with Gasteiger partial charge in [-0.2, -0.15) is 13.2 Å². The van der Waals surface area contributed by atoms with E-state index in [0.717, 1.165) is 6.92 Å². The van der Waals surface area contributed by atoms with Crippen LogP contribution in [-0.4, -0.2) is 45.6 Å². The minimum Gasteiger partial charge on any atom is -0.360 e. The predicted molar refractivity (Wildman–Crippen MR) is 101 cm³/mol. The maximum atomic E-state index is 13.8. The van der Waals surface area contributed by atoms with E-state index in [0.29, 0.717) is 22.2 Å². The Morgan fingerprint density at radius 2 is 2.06 bits per heavy atom. The van der Waals surface area contributed by atoms with Crippen LogP contribution in [0.3, 0.4) is 0 Å². The number of hydrogen-bond donors (Lipinski definition) is 2. The smallest absolute Gasteiger partial charge is 0.360 e. The van der Waals surface area contributed by atoms with Gasteiger partial charge in [0, 0.05) is 29.4 Å². The quantitative estimate of drug-likeness (QED) is 0.613. The number of hydrogen-bond acceptors (Lipinski definition) is 4. The lowest BCUT2D eigenvalue weighted by molar-refractivity contribution is -0.149. The average molecular weight is 438 g/mol. The number of aromatic nitrogens is 2. The van der Waals surface area contributed by atoms with E-state index in [2.05, 4.69) is 10.1 Å². The zero-order valence-electron chi connectivity index (χ0n) is 16.6. The SMILES string of the molecule is Cc1c(F)ccc2[nH]c(C(=O)N3CCc4onc(C(=O)NC(C)C(F)(F)F)c4C3)cc12. The molecule has 0 fully saturated rings. The second-order valence-electron chi connectivity index (χ2n) is 7.46. The number of aromatic amines is 1. The van der Waals surface area contributed by atoms with Gasteiger partial charge in [-0.05, 0) is 37.6 Å². The maximum absolute atomic E-state index is 13.8. The number of fused-ring (bicyclic) bond motifs is 2. The number of benzene rings is 1. The molecule has 4 rings (SSSR count). The fourth-order valence-electron chi connectivity index (χ4n) is 3.52. The molecule has 11 heteroatoms. The Hall–Kier alpha value is -3.37. The Kier molecular flexibility index (Phi) is 4.98. The molecule has 1 aromatic carbocycles. The van der Waals surface area contributed by atoms with Gasteiger partial charge in [0.15, 0.2) is 5.69 Å². The van der Waals surface area contributed by atoms with Crippen LogP contribution in [0.15, 0.2) is 22.7 Å². The molecule has 2 N–H and O–H groups in total. The largest absolute Gasteiger partial charge is 0.408 e. The first-order valence-corrected chi connectivity index (χ1v) is 9.48. The minimum atomic E-state index is -4.60. The topological polar surface area (TPSA) is 91.2 Å². The number of nitrogens with zero attached hydrogens (tertiary/aromatic N) is 2. The van der Waals surface area contributed by atoms with Gasteiger partial charge in [0.05, 0.1) is 6.54 Å². The van der Waals surface area contributed by atoms with Gasteiger partial charge in [-0.25, -0.2) is 4.39 Å². The van der Waals surface area contributed by atoms with Gasteiger partial charge in [-0.1, -0.05) is 5.16 Å². The number of aryl methyl sites for hydroxylation is 1. The number of nitrogens with one attached hydrogen (secondary N) is 2. The van der Waals surface area contributed by atoms with E-state index in [1.807, 2.05) is 5.32 Å². The third-order valence-electron chi connectivity index (χ3n) is 5.41. The van der Waals surface area contributed by atoms with Crippen LogP contribution in [0.25, 0.3) is 10.9 Å². The highest BCUT2D eigenvalue weighted by Crippen LogP contribution is 2.27. The van der Waals surface area contributed by atoms with Crippen molar-refractivity contribution in [3.8, 4) is 0 Å². The van der Waals surface area contributed by atoms with E-state index in [9.17, 15) is 27.2 Å². The van der Waals surface area contributed by atoms with E-state index in [-0.39, 0.29) is 42.3 Å². The summed E-state index contributed by atoms with van der Waals surface area (Å²) in [5.41, 5.74) is 1.24. The lowest BCUT2D eigenvalue weighted by Crippen LogP contribution is -2.44. The Morgan fingerprint density at radius 3 is 2.77 bits per heavy atom. The second-order valence-corrected chi connectivity index (χ2v) is 7.46. The van der Waals surface area contributed by atoms with Crippen molar-refractivity contribution in [2.75, 3.05) is 6.54 Å². The van der Waals surface area contributed by atoms with Crippen LogP contribution in [0.5, 0.6) is 0 Å². The van der Waals surface area contributed by atoms with E-state index in [1.54, 1.807) is 13.0 Å². The van der Waals surface area contributed by atoms with Crippen molar-refractivity contribution in [1.29, 1.82) is 0 Å². The van der Waals surface area contributed by atoms with Crippen LogP contribution in [0, 0.1) is 12.7 Å². The summed E-state index contributed by atoms with van der Waals surface area (Å²) in [6.45, 7) is 2.64. The standard InChI is InChI=1S/C20H18F4N4O3/c1-9-11-7-15(26-14(11)4-3-13(9)21)19(30)28-6-5-16-12(8-28)17(27-31-16)18(29)25-10(2)20(22,23)24/h3-4,7,10,26H,5-6,8H2,1-2H3,(H,25,29). The summed E-state index contributed by atoms with van der Waals surface area (Å²) in [4.78, 5) is 29.7. The Labute approximate surface area is 173 Å². The molecule has 0 spiro atoms. The third kappa shape index (κ3) is 3.75. The molecule has 0 saturated carbocycles. The van der Waals surface area contributed by atoms with Crippen LogP contribution in [0.2, 0.25) is 0 Å². The Balaban J connectivity index is 1.56. The van der Waals surface area contributed by atoms with Crippen molar-refractivity contribution < 1.29 is 31.7 Å². The number of alkyl halides is 3. The number of carbonyl (C=O) groups is 2. The van der Waals surface area contributed by atoms with Crippen LogP contribution in [0.1, 0.15) is 44.8 Å². The number of halogens is 4. The van der Waals surface area contributed by atoms with E-state index < -0.39 is 24.0 Å².